The minimum atomic E-state index is -0.667. The molecule has 1 aromatic rings. The molecule has 0 unspecified atom stereocenters. The second kappa shape index (κ2) is 9.01. The number of ether oxygens (including phenoxy) is 3. The van der Waals surface area contributed by atoms with E-state index in [1.165, 1.54) is 0 Å². The molecule has 168 valence electrons. The molecule has 3 aliphatic rings. The van der Waals surface area contributed by atoms with Crippen LogP contribution in [0.2, 0.25) is 0 Å². The van der Waals surface area contributed by atoms with Gasteiger partial charge in [-0.2, -0.15) is 0 Å². The lowest BCUT2D eigenvalue weighted by atomic mass is 9.79. The molecule has 7 heteroatoms. The number of aryl methyl sites for hydroxylation is 2. The smallest absolute Gasteiger partial charge is 0.411 e. The minimum absolute atomic E-state index is 0.174. The summed E-state index contributed by atoms with van der Waals surface area (Å²) in [5.74, 6) is 0.294. The number of morpholine rings is 1. The molecule has 2 amide bonds. The van der Waals surface area contributed by atoms with E-state index in [0.717, 1.165) is 29.5 Å². The van der Waals surface area contributed by atoms with E-state index in [0.29, 0.717) is 57.1 Å². The molecular formula is C24H32N2O5. The van der Waals surface area contributed by atoms with Crippen molar-refractivity contribution in [2.45, 2.75) is 58.1 Å². The maximum absolute atomic E-state index is 13.2. The van der Waals surface area contributed by atoms with Crippen LogP contribution in [0.15, 0.2) is 24.0 Å². The highest BCUT2D eigenvalue weighted by molar-refractivity contribution is 6.23. The highest BCUT2D eigenvalue weighted by Gasteiger charge is 2.50. The predicted molar refractivity (Wildman–Crippen MR) is 116 cm³/mol. The van der Waals surface area contributed by atoms with Gasteiger partial charge in [-0.1, -0.05) is 23.8 Å². The van der Waals surface area contributed by atoms with Crippen molar-refractivity contribution in [3.8, 4) is 0 Å². The van der Waals surface area contributed by atoms with Gasteiger partial charge in [0.1, 0.15) is 5.76 Å². The van der Waals surface area contributed by atoms with Crippen LogP contribution >= 0.6 is 0 Å². The molecule has 1 aliphatic carbocycles. The summed E-state index contributed by atoms with van der Waals surface area (Å²) in [6.07, 6.45) is 2.75. The fraction of sp³-hybridized carbons (Fsp3) is 0.583. The van der Waals surface area contributed by atoms with Gasteiger partial charge in [-0.05, 0) is 57.6 Å². The van der Waals surface area contributed by atoms with E-state index in [2.05, 4.69) is 5.32 Å². The SMILES string of the molecule is CCOC1CCC2(CC1)NC(=O)C(c1ccc(C)cc1C)=C2OC(=O)N1CCOCC1. The molecule has 0 radical (unpaired) electrons. The first-order chi connectivity index (χ1) is 14.9. The van der Waals surface area contributed by atoms with Crippen molar-refractivity contribution in [3.63, 3.8) is 0 Å². The minimum Gasteiger partial charge on any atom is -0.411 e. The summed E-state index contributed by atoms with van der Waals surface area (Å²) in [4.78, 5) is 27.9. The Hall–Kier alpha value is -2.38. The van der Waals surface area contributed by atoms with Gasteiger partial charge in [0.2, 0.25) is 0 Å². The van der Waals surface area contributed by atoms with Crippen LogP contribution in [-0.4, -0.2) is 61.5 Å². The van der Waals surface area contributed by atoms with E-state index < -0.39 is 11.6 Å². The highest BCUT2D eigenvalue weighted by atomic mass is 16.6. The van der Waals surface area contributed by atoms with Crippen molar-refractivity contribution in [2.75, 3.05) is 32.9 Å². The molecule has 1 spiro atoms. The number of amides is 2. The second-order valence-electron chi connectivity index (χ2n) is 8.68. The molecule has 1 saturated carbocycles. The Morgan fingerprint density at radius 3 is 2.58 bits per heavy atom. The number of carbonyl (C=O) groups excluding carboxylic acids is 2. The summed E-state index contributed by atoms with van der Waals surface area (Å²) < 4.78 is 17.2. The number of benzene rings is 1. The van der Waals surface area contributed by atoms with E-state index in [1.54, 1.807) is 4.90 Å². The van der Waals surface area contributed by atoms with Crippen molar-refractivity contribution in [1.82, 2.24) is 10.2 Å². The van der Waals surface area contributed by atoms with Gasteiger partial charge in [0.15, 0.2) is 0 Å². The molecule has 31 heavy (non-hydrogen) atoms. The summed E-state index contributed by atoms with van der Waals surface area (Å²) in [5.41, 5.74) is 2.74. The molecule has 1 N–H and O–H groups in total. The molecule has 1 saturated heterocycles. The molecule has 2 aliphatic heterocycles. The van der Waals surface area contributed by atoms with Crippen molar-refractivity contribution >= 4 is 17.6 Å². The maximum atomic E-state index is 13.2. The molecule has 0 aromatic heterocycles. The highest BCUT2D eigenvalue weighted by Crippen LogP contribution is 2.44. The van der Waals surface area contributed by atoms with E-state index in [-0.39, 0.29) is 12.0 Å². The Morgan fingerprint density at radius 2 is 1.94 bits per heavy atom. The number of rotatable bonds is 4. The maximum Gasteiger partial charge on any atom is 0.415 e. The first-order valence-corrected chi connectivity index (χ1v) is 11.2. The monoisotopic (exact) mass is 428 g/mol. The van der Waals surface area contributed by atoms with Gasteiger partial charge in [-0.25, -0.2) is 4.79 Å². The quantitative estimate of drug-likeness (QED) is 0.796. The first kappa shape index (κ1) is 21.8. The van der Waals surface area contributed by atoms with Gasteiger partial charge < -0.3 is 24.4 Å². The predicted octanol–water partition coefficient (Wildman–Crippen LogP) is 3.33. The van der Waals surface area contributed by atoms with Gasteiger partial charge >= 0.3 is 6.09 Å². The van der Waals surface area contributed by atoms with Crippen LogP contribution < -0.4 is 5.32 Å². The Kier molecular flexibility index (Phi) is 6.34. The number of carbonyl (C=O) groups is 2. The summed E-state index contributed by atoms with van der Waals surface area (Å²) in [6.45, 7) is 8.66. The summed E-state index contributed by atoms with van der Waals surface area (Å²) >= 11 is 0. The average molecular weight is 429 g/mol. The van der Waals surface area contributed by atoms with E-state index in [1.807, 2.05) is 39.0 Å². The fourth-order valence-corrected chi connectivity index (χ4v) is 4.90. The van der Waals surface area contributed by atoms with Crippen LogP contribution in [0.1, 0.15) is 49.3 Å². The molecule has 4 rings (SSSR count). The third kappa shape index (κ3) is 4.34. The van der Waals surface area contributed by atoms with Gasteiger partial charge in [0.05, 0.1) is 30.4 Å². The Bertz CT molecular complexity index is 880. The third-order valence-electron chi connectivity index (χ3n) is 6.54. The lowest BCUT2D eigenvalue weighted by Gasteiger charge is -2.38. The molecule has 0 atom stereocenters. The zero-order valence-electron chi connectivity index (χ0n) is 18.7. The van der Waals surface area contributed by atoms with Crippen LogP contribution in [0.3, 0.4) is 0 Å². The van der Waals surface area contributed by atoms with Crippen LogP contribution in [0.4, 0.5) is 4.79 Å². The van der Waals surface area contributed by atoms with Crippen LogP contribution in [-0.2, 0) is 19.0 Å². The average Bonchev–Trinajstić information content (AvgIpc) is 3.01. The zero-order chi connectivity index (χ0) is 22.0. The van der Waals surface area contributed by atoms with E-state index in [9.17, 15) is 9.59 Å². The second-order valence-corrected chi connectivity index (χ2v) is 8.68. The van der Waals surface area contributed by atoms with Crippen molar-refractivity contribution < 1.29 is 23.8 Å². The molecular weight excluding hydrogens is 396 g/mol. The van der Waals surface area contributed by atoms with Crippen molar-refractivity contribution in [2.24, 2.45) is 0 Å². The van der Waals surface area contributed by atoms with E-state index in [4.69, 9.17) is 14.2 Å². The molecule has 2 fully saturated rings. The van der Waals surface area contributed by atoms with Gasteiger partial charge in [-0.3, -0.25) is 4.79 Å². The first-order valence-electron chi connectivity index (χ1n) is 11.2. The van der Waals surface area contributed by atoms with Gasteiger partial charge in [0, 0.05) is 19.7 Å². The standard InChI is InChI=1S/C24H32N2O5/c1-4-30-18-7-9-24(10-8-18)21(31-23(28)26-11-13-29-14-12-26)20(22(27)25-24)19-6-5-16(2)15-17(19)3/h5-6,15,18H,4,7-14H2,1-3H3,(H,25,27). The van der Waals surface area contributed by atoms with Crippen LogP contribution in [0, 0.1) is 13.8 Å². The number of nitrogens with zero attached hydrogens (tertiary/aromatic N) is 1. The lowest BCUT2D eigenvalue weighted by Crippen LogP contribution is -2.50. The molecule has 2 heterocycles. The van der Waals surface area contributed by atoms with Crippen LogP contribution in [0.5, 0.6) is 0 Å². The molecule has 0 bridgehead atoms. The molecule has 7 nitrogen and oxygen atoms in total. The Morgan fingerprint density at radius 1 is 1.23 bits per heavy atom. The van der Waals surface area contributed by atoms with Crippen molar-refractivity contribution in [1.29, 1.82) is 0 Å². The summed E-state index contributed by atoms with van der Waals surface area (Å²) in [6, 6.07) is 5.99. The van der Waals surface area contributed by atoms with E-state index >= 15 is 0 Å². The Labute approximate surface area is 183 Å². The third-order valence-corrected chi connectivity index (χ3v) is 6.54. The van der Waals surface area contributed by atoms with Gasteiger partial charge in [-0.15, -0.1) is 0 Å². The largest absolute Gasteiger partial charge is 0.415 e. The number of nitrogens with one attached hydrogen (secondary N) is 1. The van der Waals surface area contributed by atoms with Crippen molar-refractivity contribution in [3.05, 3.63) is 40.6 Å². The fourth-order valence-electron chi connectivity index (χ4n) is 4.90. The number of hydrogen-bond acceptors (Lipinski definition) is 5. The van der Waals surface area contributed by atoms with Gasteiger partial charge in [0.25, 0.3) is 5.91 Å². The zero-order valence-corrected chi connectivity index (χ0v) is 18.7. The molecule has 1 aromatic carbocycles. The van der Waals surface area contributed by atoms with Crippen LogP contribution in [0.25, 0.3) is 5.57 Å². The summed E-state index contributed by atoms with van der Waals surface area (Å²) in [7, 11) is 0. The normalized spacial score (nSPS) is 26.4. The summed E-state index contributed by atoms with van der Waals surface area (Å²) in [5, 5.41) is 3.19. The topological polar surface area (TPSA) is 77.1 Å². The lowest BCUT2D eigenvalue weighted by molar-refractivity contribution is -0.116. The number of hydrogen-bond donors (Lipinski definition) is 1. The Balaban J connectivity index is 1.71.